The smallest absolute Gasteiger partial charge is 0.188 e. The highest BCUT2D eigenvalue weighted by Crippen LogP contribution is 2.34. The third-order valence-electron chi connectivity index (χ3n) is 3.38. The molecule has 7 heteroatoms. The van der Waals surface area contributed by atoms with Gasteiger partial charge >= 0.3 is 0 Å². The number of Topliss-reactive ketones (excluding diaryl/α,β-unsaturated/α-hetero) is 2. The van der Waals surface area contributed by atoms with Crippen molar-refractivity contribution in [2.45, 2.75) is 27.2 Å². The van der Waals surface area contributed by atoms with Crippen molar-refractivity contribution in [3.8, 4) is 5.75 Å². The van der Waals surface area contributed by atoms with Gasteiger partial charge in [-0.05, 0) is 25.5 Å². The molecule has 0 bridgehead atoms. The van der Waals surface area contributed by atoms with Crippen molar-refractivity contribution in [3.05, 3.63) is 28.0 Å². The number of halogens is 2. The molecule has 0 saturated heterocycles. The number of benzene rings is 1. The quantitative estimate of drug-likeness (QED) is 0.471. The fourth-order valence-electron chi connectivity index (χ4n) is 2.19. The summed E-state index contributed by atoms with van der Waals surface area (Å²) in [6.45, 7) is 5.27. The summed E-state index contributed by atoms with van der Waals surface area (Å²) < 4.78 is 29.4. The largest absolute Gasteiger partial charge is 0.466 e. The Labute approximate surface area is 146 Å². The third-order valence-corrected chi connectivity index (χ3v) is 3.72. The SMILES string of the molecule is CCOCC(=O)CC(C)C(=O)c1cc(C)c(OCOC)c(Cl)c1F. The van der Waals surface area contributed by atoms with E-state index in [1.807, 2.05) is 0 Å². The second kappa shape index (κ2) is 9.71. The summed E-state index contributed by atoms with van der Waals surface area (Å²) in [6, 6.07) is 1.37. The first-order valence-electron chi connectivity index (χ1n) is 7.57. The normalized spacial score (nSPS) is 12.1. The lowest BCUT2D eigenvalue weighted by atomic mass is 9.93. The standard InChI is InChI=1S/C17H22ClFO5/c1-5-23-8-12(20)6-10(2)16(21)13-7-11(3)17(24-9-22-4)14(18)15(13)19/h7,10H,5-6,8-9H2,1-4H3. The number of carbonyl (C=O) groups is 2. The minimum atomic E-state index is -0.859. The number of aryl methyl sites for hydroxylation is 1. The third kappa shape index (κ3) is 5.26. The molecular weight excluding hydrogens is 339 g/mol. The lowest BCUT2D eigenvalue weighted by Gasteiger charge is -2.15. The number of methoxy groups -OCH3 is 1. The molecule has 0 N–H and O–H groups in total. The van der Waals surface area contributed by atoms with Crippen LogP contribution in [0.25, 0.3) is 0 Å². The molecule has 24 heavy (non-hydrogen) atoms. The van der Waals surface area contributed by atoms with Crippen LogP contribution in [0, 0.1) is 18.7 Å². The molecule has 0 heterocycles. The van der Waals surface area contributed by atoms with Gasteiger partial charge in [-0.25, -0.2) is 4.39 Å². The van der Waals surface area contributed by atoms with E-state index >= 15 is 0 Å². The number of ether oxygens (including phenoxy) is 3. The van der Waals surface area contributed by atoms with Gasteiger partial charge in [0.25, 0.3) is 0 Å². The first-order valence-corrected chi connectivity index (χ1v) is 7.95. The highest BCUT2D eigenvalue weighted by Gasteiger charge is 2.25. The van der Waals surface area contributed by atoms with Gasteiger partial charge in [-0.1, -0.05) is 18.5 Å². The fourth-order valence-corrected chi connectivity index (χ4v) is 2.49. The first kappa shape index (κ1) is 20.5. The predicted octanol–water partition coefficient (Wildman–Crippen LogP) is 3.58. The number of hydrogen-bond acceptors (Lipinski definition) is 5. The lowest BCUT2D eigenvalue weighted by Crippen LogP contribution is -2.20. The maximum absolute atomic E-state index is 14.4. The van der Waals surface area contributed by atoms with Crippen molar-refractivity contribution < 1.29 is 28.2 Å². The van der Waals surface area contributed by atoms with Crippen LogP contribution in [0.1, 0.15) is 36.2 Å². The number of ketones is 2. The van der Waals surface area contributed by atoms with Gasteiger partial charge in [-0.3, -0.25) is 9.59 Å². The van der Waals surface area contributed by atoms with E-state index in [9.17, 15) is 14.0 Å². The maximum Gasteiger partial charge on any atom is 0.188 e. The van der Waals surface area contributed by atoms with Gasteiger partial charge < -0.3 is 14.2 Å². The maximum atomic E-state index is 14.4. The summed E-state index contributed by atoms with van der Waals surface area (Å²) >= 11 is 5.97. The molecule has 134 valence electrons. The Kier molecular flexibility index (Phi) is 8.31. The molecule has 1 unspecified atom stereocenters. The van der Waals surface area contributed by atoms with Gasteiger partial charge in [0.15, 0.2) is 24.2 Å². The van der Waals surface area contributed by atoms with Crippen LogP contribution in [0.2, 0.25) is 5.02 Å². The van der Waals surface area contributed by atoms with E-state index in [-0.39, 0.29) is 41.9 Å². The summed E-state index contributed by atoms with van der Waals surface area (Å²) in [5, 5.41) is -0.275. The van der Waals surface area contributed by atoms with E-state index in [2.05, 4.69) is 0 Å². The number of carbonyl (C=O) groups excluding carboxylic acids is 2. The Hall–Kier alpha value is -1.50. The van der Waals surface area contributed by atoms with Gasteiger partial charge in [0, 0.05) is 26.1 Å². The van der Waals surface area contributed by atoms with Gasteiger partial charge in [-0.2, -0.15) is 0 Å². The van der Waals surface area contributed by atoms with Crippen LogP contribution in [0.15, 0.2) is 6.07 Å². The first-order chi connectivity index (χ1) is 11.3. The van der Waals surface area contributed by atoms with E-state index in [1.165, 1.54) is 13.2 Å². The minimum Gasteiger partial charge on any atom is -0.466 e. The molecule has 0 fully saturated rings. The molecule has 0 aliphatic carbocycles. The van der Waals surface area contributed by atoms with Crippen LogP contribution < -0.4 is 4.74 Å². The fraction of sp³-hybridized carbons (Fsp3) is 0.529. The lowest BCUT2D eigenvalue weighted by molar-refractivity contribution is -0.124. The second-order valence-corrected chi connectivity index (χ2v) is 5.77. The van der Waals surface area contributed by atoms with Crippen molar-refractivity contribution in [1.29, 1.82) is 0 Å². The van der Waals surface area contributed by atoms with E-state index in [0.29, 0.717) is 12.2 Å². The molecule has 0 aromatic heterocycles. The molecule has 0 saturated carbocycles. The summed E-state index contributed by atoms with van der Waals surface area (Å²) in [5.41, 5.74) is 0.355. The van der Waals surface area contributed by atoms with Crippen LogP contribution in [0.4, 0.5) is 4.39 Å². The average Bonchev–Trinajstić information content (AvgIpc) is 2.55. The molecule has 1 atom stereocenters. The Balaban J connectivity index is 2.96. The predicted molar refractivity (Wildman–Crippen MR) is 88.3 cm³/mol. The van der Waals surface area contributed by atoms with Crippen LogP contribution in [-0.2, 0) is 14.3 Å². The van der Waals surface area contributed by atoms with Gasteiger partial charge in [0.05, 0.1) is 5.56 Å². The molecule has 0 amide bonds. The second-order valence-electron chi connectivity index (χ2n) is 5.39. The van der Waals surface area contributed by atoms with E-state index in [4.69, 9.17) is 25.8 Å². The van der Waals surface area contributed by atoms with Crippen molar-refractivity contribution in [2.24, 2.45) is 5.92 Å². The Bertz CT molecular complexity index is 603. The Morgan fingerprint density at radius 1 is 1.38 bits per heavy atom. The van der Waals surface area contributed by atoms with Crippen molar-refractivity contribution in [2.75, 3.05) is 27.1 Å². The molecule has 5 nitrogen and oxygen atoms in total. The highest BCUT2D eigenvalue weighted by molar-refractivity contribution is 6.32. The Morgan fingerprint density at radius 2 is 2.04 bits per heavy atom. The van der Waals surface area contributed by atoms with Crippen LogP contribution in [0.5, 0.6) is 5.75 Å². The van der Waals surface area contributed by atoms with E-state index in [0.717, 1.165) is 0 Å². The average molecular weight is 361 g/mol. The highest BCUT2D eigenvalue weighted by atomic mass is 35.5. The topological polar surface area (TPSA) is 61.8 Å². The molecule has 0 spiro atoms. The van der Waals surface area contributed by atoms with Crippen molar-refractivity contribution in [1.82, 2.24) is 0 Å². The molecule has 1 rings (SSSR count). The molecular formula is C17H22ClFO5. The molecule has 1 aromatic rings. The molecule has 0 aliphatic rings. The molecule has 0 radical (unpaired) electrons. The van der Waals surface area contributed by atoms with Crippen molar-refractivity contribution >= 4 is 23.2 Å². The monoisotopic (exact) mass is 360 g/mol. The number of rotatable bonds is 10. The van der Waals surface area contributed by atoms with Crippen LogP contribution in [0.3, 0.4) is 0 Å². The number of hydrogen-bond donors (Lipinski definition) is 0. The van der Waals surface area contributed by atoms with Gasteiger partial charge in [-0.15, -0.1) is 0 Å². The summed E-state index contributed by atoms with van der Waals surface area (Å²) in [5.74, 6) is -2.09. The van der Waals surface area contributed by atoms with E-state index < -0.39 is 17.5 Å². The summed E-state index contributed by atoms with van der Waals surface area (Å²) in [4.78, 5) is 24.2. The van der Waals surface area contributed by atoms with E-state index in [1.54, 1.807) is 20.8 Å². The summed E-state index contributed by atoms with van der Waals surface area (Å²) in [7, 11) is 1.43. The molecule has 0 aliphatic heterocycles. The van der Waals surface area contributed by atoms with Gasteiger partial charge in [0.1, 0.15) is 17.4 Å². The minimum absolute atomic E-state index is 0.0170. The van der Waals surface area contributed by atoms with Crippen molar-refractivity contribution in [3.63, 3.8) is 0 Å². The van der Waals surface area contributed by atoms with Crippen LogP contribution >= 0.6 is 11.6 Å². The zero-order valence-corrected chi connectivity index (χ0v) is 15.0. The Morgan fingerprint density at radius 3 is 2.62 bits per heavy atom. The zero-order valence-electron chi connectivity index (χ0n) is 14.3. The van der Waals surface area contributed by atoms with Crippen LogP contribution in [-0.4, -0.2) is 38.7 Å². The summed E-state index contributed by atoms with van der Waals surface area (Å²) in [6.07, 6.45) is -0.0170. The van der Waals surface area contributed by atoms with Gasteiger partial charge in [0.2, 0.25) is 0 Å². The molecule has 1 aromatic carbocycles. The zero-order chi connectivity index (χ0) is 18.3.